The van der Waals surface area contributed by atoms with E-state index in [0.29, 0.717) is 21.3 Å². The Labute approximate surface area is 167 Å². The Kier molecular flexibility index (Phi) is 5.07. The zero-order valence-electron chi connectivity index (χ0n) is 15.5. The number of anilines is 1. The second-order valence-electron chi connectivity index (χ2n) is 7.49. The summed E-state index contributed by atoms with van der Waals surface area (Å²) in [6.45, 7) is 6.35. The van der Waals surface area contributed by atoms with Crippen molar-refractivity contribution in [3.05, 3.63) is 80.8 Å². The monoisotopic (exact) mass is 424 g/mol. The number of nitrogens with two attached hydrogens (primary N) is 1. The normalized spacial score (nSPS) is 11.4. The minimum atomic E-state index is -0.370. The van der Waals surface area contributed by atoms with Crippen molar-refractivity contribution in [1.29, 1.82) is 0 Å². The predicted molar refractivity (Wildman–Crippen MR) is 115 cm³/mol. The van der Waals surface area contributed by atoms with Crippen molar-refractivity contribution in [2.45, 2.75) is 26.2 Å². The molecule has 0 atom stereocenters. The third kappa shape index (κ3) is 3.74. The molecule has 3 aromatic carbocycles. The highest BCUT2D eigenvalue weighted by Crippen LogP contribution is 2.43. The molecule has 138 valence electrons. The van der Waals surface area contributed by atoms with Crippen LogP contribution in [0.25, 0.3) is 22.3 Å². The Bertz CT molecular complexity index is 1010. The number of nitro benzene ring substituents is 1. The van der Waals surface area contributed by atoms with Crippen molar-refractivity contribution in [3.8, 4) is 22.3 Å². The van der Waals surface area contributed by atoms with Crippen LogP contribution in [-0.2, 0) is 5.41 Å². The van der Waals surface area contributed by atoms with Crippen molar-refractivity contribution < 1.29 is 4.92 Å². The van der Waals surface area contributed by atoms with Gasteiger partial charge in [-0.05, 0) is 56.7 Å². The van der Waals surface area contributed by atoms with Gasteiger partial charge in [-0.3, -0.25) is 10.1 Å². The van der Waals surface area contributed by atoms with Crippen LogP contribution in [-0.4, -0.2) is 4.92 Å². The van der Waals surface area contributed by atoms with Crippen LogP contribution in [0.4, 0.5) is 11.4 Å². The molecule has 0 aliphatic rings. The molecule has 2 N–H and O–H groups in total. The molecule has 0 amide bonds. The summed E-state index contributed by atoms with van der Waals surface area (Å²) >= 11 is 3.31. The maximum atomic E-state index is 11.7. The van der Waals surface area contributed by atoms with E-state index < -0.39 is 0 Å². The number of rotatable bonds is 3. The van der Waals surface area contributed by atoms with Crippen LogP contribution in [0, 0.1) is 10.1 Å². The summed E-state index contributed by atoms with van der Waals surface area (Å²) in [5.74, 6) is 0. The van der Waals surface area contributed by atoms with Crippen LogP contribution >= 0.6 is 15.9 Å². The summed E-state index contributed by atoms with van der Waals surface area (Å²) in [5, 5.41) is 11.7. The first kappa shape index (κ1) is 19.1. The Balaban J connectivity index is 2.38. The summed E-state index contributed by atoms with van der Waals surface area (Å²) in [4.78, 5) is 11.3. The Morgan fingerprint density at radius 1 is 0.926 bits per heavy atom. The van der Waals surface area contributed by atoms with E-state index in [1.807, 2.05) is 36.4 Å². The molecule has 0 aliphatic heterocycles. The highest BCUT2D eigenvalue weighted by Gasteiger charge is 2.25. The van der Waals surface area contributed by atoms with E-state index in [1.54, 1.807) is 18.2 Å². The number of nitro groups is 1. The van der Waals surface area contributed by atoms with Crippen molar-refractivity contribution in [3.63, 3.8) is 0 Å². The molecule has 27 heavy (non-hydrogen) atoms. The molecule has 3 aromatic rings. The van der Waals surface area contributed by atoms with Gasteiger partial charge in [0.15, 0.2) is 0 Å². The van der Waals surface area contributed by atoms with Crippen molar-refractivity contribution in [2.24, 2.45) is 0 Å². The standard InChI is InChI=1S/C22H21BrN2O2/c1-22(2,3)15-12-17(14-8-5-4-6-9-14)20(24)18(13-15)16-10-7-11-19(23)21(16)25(26)27/h4-13H,24H2,1-3H3. The third-order valence-corrected chi connectivity index (χ3v) is 5.23. The fraction of sp³-hybridized carbons (Fsp3) is 0.182. The number of hydrogen-bond acceptors (Lipinski definition) is 3. The van der Waals surface area contributed by atoms with Crippen LogP contribution < -0.4 is 5.73 Å². The summed E-state index contributed by atoms with van der Waals surface area (Å²) in [6, 6.07) is 19.1. The summed E-state index contributed by atoms with van der Waals surface area (Å²) in [6.07, 6.45) is 0. The van der Waals surface area contributed by atoms with Gasteiger partial charge in [-0.1, -0.05) is 57.2 Å². The fourth-order valence-corrected chi connectivity index (χ4v) is 3.59. The van der Waals surface area contributed by atoms with Crippen molar-refractivity contribution in [1.82, 2.24) is 0 Å². The van der Waals surface area contributed by atoms with Gasteiger partial charge in [0.1, 0.15) is 0 Å². The van der Waals surface area contributed by atoms with Crippen molar-refractivity contribution in [2.75, 3.05) is 5.73 Å². The minimum absolute atomic E-state index is 0.0225. The van der Waals surface area contributed by atoms with E-state index in [4.69, 9.17) is 5.73 Å². The first-order valence-corrected chi connectivity index (χ1v) is 9.42. The number of nitrogens with zero attached hydrogens (tertiary/aromatic N) is 1. The Hall–Kier alpha value is -2.66. The molecule has 4 nitrogen and oxygen atoms in total. The highest BCUT2D eigenvalue weighted by atomic mass is 79.9. The van der Waals surface area contributed by atoms with Gasteiger partial charge in [0.25, 0.3) is 5.69 Å². The molecular weight excluding hydrogens is 404 g/mol. The number of benzene rings is 3. The average molecular weight is 425 g/mol. The quantitative estimate of drug-likeness (QED) is 0.293. The zero-order valence-corrected chi connectivity index (χ0v) is 17.1. The van der Waals surface area contributed by atoms with Crippen LogP contribution in [0.2, 0.25) is 0 Å². The van der Waals surface area contributed by atoms with Crippen LogP contribution in [0.1, 0.15) is 26.3 Å². The van der Waals surface area contributed by atoms with E-state index in [-0.39, 0.29) is 16.0 Å². The molecule has 0 heterocycles. The van der Waals surface area contributed by atoms with E-state index >= 15 is 0 Å². The van der Waals surface area contributed by atoms with E-state index in [1.165, 1.54) is 0 Å². The first-order valence-electron chi connectivity index (χ1n) is 8.63. The molecule has 0 saturated carbocycles. The third-order valence-electron chi connectivity index (χ3n) is 4.59. The first-order chi connectivity index (χ1) is 12.7. The molecule has 3 rings (SSSR count). The van der Waals surface area contributed by atoms with Gasteiger partial charge in [0.05, 0.1) is 15.0 Å². The molecule has 0 bridgehead atoms. The number of nitrogen functional groups attached to an aromatic ring is 1. The lowest BCUT2D eigenvalue weighted by atomic mass is 9.82. The molecule has 0 saturated heterocycles. The number of hydrogen-bond donors (Lipinski definition) is 1. The molecular formula is C22H21BrN2O2. The van der Waals surface area contributed by atoms with Gasteiger partial charge in [-0.15, -0.1) is 0 Å². The smallest absolute Gasteiger partial charge is 0.291 e. The van der Waals surface area contributed by atoms with E-state index in [9.17, 15) is 10.1 Å². The molecule has 0 aromatic heterocycles. The zero-order chi connectivity index (χ0) is 19.8. The van der Waals surface area contributed by atoms with Gasteiger partial charge in [0, 0.05) is 16.8 Å². The van der Waals surface area contributed by atoms with Gasteiger partial charge < -0.3 is 5.73 Å². The van der Waals surface area contributed by atoms with Gasteiger partial charge in [-0.2, -0.15) is 0 Å². The molecule has 0 fully saturated rings. The lowest BCUT2D eigenvalue weighted by Gasteiger charge is -2.23. The number of halogens is 1. The van der Waals surface area contributed by atoms with Gasteiger partial charge in [0.2, 0.25) is 0 Å². The Morgan fingerprint density at radius 3 is 2.15 bits per heavy atom. The topological polar surface area (TPSA) is 69.2 Å². The predicted octanol–water partition coefficient (Wildman–Crippen LogP) is 6.57. The van der Waals surface area contributed by atoms with Gasteiger partial charge in [-0.25, -0.2) is 0 Å². The van der Waals surface area contributed by atoms with E-state index in [2.05, 4.69) is 42.8 Å². The Morgan fingerprint density at radius 2 is 1.56 bits per heavy atom. The molecule has 0 spiro atoms. The maximum Gasteiger partial charge on any atom is 0.291 e. The van der Waals surface area contributed by atoms with Crippen molar-refractivity contribution >= 4 is 27.3 Å². The minimum Gasteiger partial charge on any atom is -0.398 e. The average Bonchev–Trinajstić information content (AvgIpc) is 2.61. The summed E-state index contributed by atoms with van der Waals surface area (Å²) in [5.41, 5.74) is 11.1. The lowest BCUT2D eigenvalue weighted by molar-refractivity contribution is -0.385. The number of para-hydroxylation sites is 1. The fourth-order valence-electron chi connectivity index (χ4n) is 3.08. The summed E-state index contributed by atoms with van der Waals surface area (Å²) in [7, 11) is 0. The summed E-state index contributed by atoms with van der Waals surface area (Å²) < 4.78 is 0.437. The largest absolute Gasteiger partial charge is 0.398 e. The van der Waals surface area contributed by atoms with Crippen LogP contribution in [0.15, 0.2) is 65.1 Å². The molecule has 0 aliphatic carbocycles. The lowest BCUT2D eigenvalue weighted by Crippen LogP contribution is -2.12. The maximum absolute atomic E-state index is 11.7. The van der Waals surface area contributed by atoms with Gasteiger partial charge >= 0.3 is 0 Å². The van der Waals surface area contributed by atoms with Crippen LogP contribution in [0.3, 0.4) is 0 Å². The molecule has 5 heteroatoms. The van der Waals surface area contributed by atoms with Crippen LogP contribution in [0.5, 0.6) is 0 Å². The highest BCUT2D eigenvalue weighted by molar-refractivity contribution is 9.10. The van der Waals surface area contributed by atoms with E-state index in [0.717, 1.165) is 16.7 Å². The molecule has 0 unspecified atom stereocenters. The SMILES string of the molecule is CC(C)(C)c1cc(-c2ccccc2)c(N)c(-c2cccc(Br)c2[N+](=O)[O-])c1. The second-order valence-corrected chi connectivity index (χ2v) is 8.35. The second kappa shape index (κ2) is 7.16. The molecule has 0 radical (unpaired) electrons.